The van der Waals surface area contributed by atoms with Crippen molar-refractivity contribution in [3.8, 4) is 0 Å². The number of nitrogens with zero attached hydrogens (tertiary/aromatic N) is 4. The number of fused-ring (bicyclic) bond motifs is 1. The van der Waals surface area contributed by atoms with Crippen molar-refractivity contribution in [3.63, 3.8) is 0 Å². The predicted molar refractivity (Wildman–Crippen MR) is 80.0 cm³/mol. The molecule has 0 radical (unpaired) electrons. The van der Waals surface area contributed by atoms with E-state index in [0.29, 0.717) is 0 Å². The minimum absolute atomic E-state index is 0.102. The molecule has 0 fully saturated rings. The van der Waals surface area contributed by atoms with Crippen molar-refractivity contribution in [3.05, 3.63) is 47.2 Å². The molecule has 5 nitrogen and oxygen atoms in total. The Hall–Kier alpha value is -1.79. The lowest BCUT2D eigenvalue weighted by atomic mass is 10.1. The third kappa shape index (κ3) is 2.71. The van der Waals surface area contributed by atoms with Gasteiger partial charge >= 0.3 is 0 Å². The predicted octanol–water partition coefficient (Wildman–Crippen LogP) is 2.39. The molecule has 0 aliphatic rings. The molecule has 0 bridgehead atoms. The highest BCUT2D eigenvalue weighted by atomic mass is 32.1. The first-order chi connectivity index (χ1) is 9.76. The average molecular weight is 287 g/mol. The van der Waals surface area contributed by atoms with Crippen LogP contribution in [0.25, 0.3) is 4.96 Å². The summed E-state index contributed by atoms with van der Waals surface area (Å²) in [5, 5.41) is 5.47. The van der Waals surface area contributed by atoms with Gasteiger partial charge in [0.15, 0.2) is 4.96 Å². The van der Waals surface area contributed by atoms with Gasteiger partial charge in [-0.1, -0.05) is 6.92 Å². The van der Waals surface area contributed by atoms with Gasteiger partial charge in [-0.3, -0.25) is 4.40 Å². The van der Waals surface area contributed by atoms with Gasteiger partial charge in [0.25, 0.3) is 0 Å². The molecule has 0 aromatic carbocycles. The van der Waals surface area contributed by atoms with Gasteiger partial charge in [-0.05, 0) is 19.0 Å². The first kappa shape index (κ1) is 13.2. The van der Waals surface area contributed by atoms with Gasteiger partial charge in [0.05, 0.1) is 11.7 Å². The number of aryl methyl sites for hydroxylation is 1. The molecule has 1 atom stereocenters. The van der Waals surface area contributed by atoms with Crippen LogP contribution in [0.1, 0.15) is 30.0 Å². The molecular weight excluding hydrogens is 270 g/mol. The maximum atomic E-state index is 4.62. The van der Waals surface area contributed by atoms with Crippen LogP contribution in [0.4, 0.5) is 0 Å². The molecule has 3 aromatic heterocycles. The first-order valence-corrected chi connectivity index (χ1v) is 7.57. The third-order valence-corrected chi connectivity index (χ3v) is 3.89. The molecule has 0 saturated heterocycles. The number of hydrogen-bond acceptors (Lipinski definition) is 5. The van der Waals surface area contributed by atoms with E-state index < -0.39 is 0 Å². The summed E-state index contributed by atoms with van der Waals surface area (Å²) in [6, 6.07) is 0.102. The maximum Gasteiger partial charge on any atom is 0.193 e. The van der Waals surface area contributed by atoms with Crippen LogP contribution < -0.4 is 5.32 Å². The SMILES string of the molecule is CCNC(Cc1cn2ccsc2n1)c1ncc(C)cn1. The fraction of sp³-hybridized carbons (Fsp3) is 0.357. The summed E-state index contributed by atoms with van der Waals surface area (Å²) in [7, 11) is 0. The normalized spacial score (nSPS) is 12.9. The highest BCUT2D eigenvalue weighted by Crippen LogP contribution is 2.17. The van der Waals surface area contributed by atoms with Gasteiger partial charge in [-0.15, -0.1) is 11.3 Å². The fourth-order valence-electron chi connectivity index (χ4n) is 2.17. The van der Waals surface area contributed by atoms with Crippen LogP contribution in [0.2, 0.25) is 0 Å². The molecule has 6 heteroatoms. The van der Waals surface area contributed by atoms with E-state index in [4.69, 9.17) is 0 Å². The Kier molecular flexibility index (Phi) is 3.75. The van der Waals surface area contributed by atoms with E-state index in [0.717, 1.165) is 35.0 Å². The second-order valence-corrected chi connectivity index (χ2v) is 5.63. The zero-order chi connectivity index (χ0) is 13.9. The smallest absolute Gasteiger partial charge is 0.193 e. The largest absolute Gasteiger partial charge is 0.307 e. The molecule has 104 valence electrons. The molecule has 0 aliphatic carbocycles. The minimum atomic E-state index is 0.102. The molecule has 1 unspecified atom stereocenters. The molecular formula is C14H17N5S. The summed E-state index contributed by atoms with van der Waals surface area (Å²) in [6.07, 6.45) is 8.62. The lowest BCUT2D eigenvalue weighted by Gasteiger charge is -2.15. The zero-order valence-electron chi connectivity index (χ0n) is 11.6. The summed E-state index contributed by atoms with van der Waals surface area (Å²) in [5.41, 5.74) is 2.14. The highest BCUT2D eigenvalue weighted by Gasteiger charge is 2.16. The average Bonchev–Trinajstić information content (AvgIpc) is 3.00. The Morgan fingerprint density at radius 3 is 2.85 bits per heavy atom. The lowest BCUT2D eigenvalue weighted by Crippen LogP contribution is -2.25. The van der Waals surface area contributed by atoms with Gasteiger partial charge in [-0.25, -0.2) is 15.0 Å². The first-order valence-electron chi connectivity index (χ1n) is 6.69. The summed E-state index contributed by atoms with van der Waals surface area (Å²) in [6.45, 7) is 4.96. The highest BCUT2D eigenvalue weighted by molar-refractivity contribution is 7.15. The number of rotatable bonds is 5. The van der Waals surface area contributed by atoms with Crippen LogP contribution in [0.3, 0.4) is 0 Å². The van der Waals surface area contributed by atoms with Crippen molar-refractivity contribution in [1.29, 1.82) is 0 Å². The van der Waals surface area contributed by atoms with Crippen LogP contribution in [-0.4, -0.2) is 25.9 Å². The summed E-state index contributed by atoms with van der Waals surface area (Å²) < 4.78 is 2.05. The Morgan fingerprint density at radius 2 is 2.15 bits per heavy atom. The number of imidazole rings is 1. The van der Waals surface area contributed by atoms with E-state index >= 15 is 0 Å². The maximum absolute atomic E-state index is 4.62. The molecule has 0 aliphatic heterocycles. The van der Waals surface area contributed by atoms with E-state index in [2.05, 4.69) is 37.8 Å². The van der Waals surface area contributed by atoms with Crippen molar-refractivity contribution >= 4 is 16.3 Å². The Morgan fingerprint density at radius 1 is 1.35 bits per heavy atom. The fourth-order valence-corrected chi connectivity index (χ4v) is 2.89. The molecule has 3 rings (SSSR count). The van der Waals surface area contributed by atoms with Crippen molar-refractivity contribution in [2.75, 3.05) is 6.54 Å². The topological polar surface area (TPSA) is 55.1 Å². The Labute approximate surface area is 121 Å². The van der Waals surface area contributed by atoms with Crippen LogP contribution in [0.15, 0.2) is 30.2 Å². The van der Waals surface area contributed by atoms with E-state index in [-0.39, 0.29) is 6.04 Å². The van der Waals surface area contributed by atoms with Crippen LogP contribution in [-0.2, 0) is 6.42 Å². The molecule has 3 heterocycles. The lowest BCUT2D eigenvalue weighted by molar-refractivity contribution is 0.517. The van der Waals surface area contributed by atoms with Gasteiger partial charge < -0.3 is 5.32 Å². The standard InChI is InChI=1S/C14H17N5S/c1-3-15-12(13-16-7-10(2)8-17-13)6-11-9-19-4-5-20-14(19)18-11/h4-5,7-9,12,15H,3,6H2,1-2H3. The molecule has 0 saturated carbocycles. The molecule has 3 aromatic rings. The molecule has 1 N–H and O–H groups in total. The molecule has 20 heavy (non-hydrogen) atoms. The van der Waals surface area contributed by atoms with Gasteiger partial charge in [0.2, 0.25) is 0 Å². The second kappa shape index (κ2) is 5.68. The number of hydrogen-bond donors (Lipinski definition) is 1. The zero-order valence-corrected chi connectivity index (χ0v) is 12.4. The minimum Gasteiger partial charge on any atom is -0.307 e. The van der Waals surface area contributed by atoms with E-state index in [1.807, 2.05) is 30.9 Å². The number of thiazole rings is 1. The van der Waals surface area contributed by atoms with Gasteiger partial charge in [-0.2, -0.15) is 0 Å². The van der Waals surface area contributed by atoms with Crippen molar-refractivity contribution < 1.29 is 0 Å². The molecule has 0 spiro atoms. The van der Waals surface area contributed by atoms with E-state index in [1.54, 1.807) is 11.3 Å². The number of aromatic nitrogens is 4. The van der Waals surface area contributed by atoms with Crippen LogP contribution >= 0.6 is 11.3 Å². The Bertz CT molecular complexity index is 656. The summed E-state index contributed by atoms with van der Waals surface area (Å²) >= 11 is 1.65. The van der Waals surface area contributed by atoms with Gasteiger partial charge in [0.1, 0.15) is 5.82 Å². The van der Waals surface area contributed by atoms with Crippen molar-refractivity contribution in [2.45, 2.75) is 26.3 Å². The van der Waals surface area contributed by atoms with Gasteiger partial charge in [0, 0.05) is 36.6 Å². The molecule has 0 amide bonds. The second-order valence-electron chi connectivity index (χ2n) is 4.76. The Balaban J connectivity index is 1.83. The third-order valence-electron chi connectivity index (χ3n) is 3.12. The summed E-state index contributed by atoms with van der Waals surface area (Å²) in [4.78, 5) is 14.5. The van der Waals surface area contributed by atoms with Crippen LogP contribution in [0, 0.1) is 6.92 Å². The number of nitrogens with one attached hydrogen (secondary N) is 1. The van der Waals surface area contributed by atoms with E-state index in [1.165, 1.54) is 0 Å². The quantitative estimate of drug-likeness (QED) is 0.783. The van der Waals surface area contributed by atoms with Crippen molar-refractivity contribution in [1.82, 2.24) is 24.7 Å². The van der Waals surface area contributed by atoms with Crippen LogP contribution in [0.5, 0.6) is 0 Å². The van der Waals surface area contributed by atoms with E-state index in [9.17, 15) is 0 Å². The monoisotopic (exact) mass is 287 g/mol. The van der Waals surface area contributed by atoms with Crippen molar-refractivity contribution in [2.24, 2.45) is 0 Å². The number of likely N-dealkylation sites (N-methyl/N-ethyl adjacent to an activating group) is 1. The summed E-state index contributed by atoms with van der Waals surface area (Å²) in [5.74, 6) is 0.828.